The number of ketones is 1. The molecular weight excluding hydrogens is 380 g/mol. The summed E-state index contributed by atoms with van der Waals surface area (Å²) in [6.07, 6.45) is 0.971. The molecule has 7 heteroatoms. The van der Waals surface area contributed by atoms with E-state index in [1.165, 1.54) is 0 Å². The topological polar surface area (TPSA) is 85.4 Å². The normalized spacial score (nSPS) is 13.0. The number of nitrogens with one attached hydrogen (secondary N) is 1. The number of aryl methyl sites for hydroxylation is 1. The second kappa shape index (κ2) is 7.40. The highest BCUT2D eigenvalue weighted by Gasteiger charge is 2.18. The summed E-state index contributed by atoms with van der Waals surface area (Å²) >= 11 is 5.85. The zero-order chi connectivity index (χ0) is 19.7. The van der Waals surface area contributed by atoms with Crippen molar-refractivity contribution in [3.8, 4) is 0 Å². The Labute approximate surface area is 165 Å². The number of anilines is 1. The number of Topliss-reactive ketones (excluding diaryl/α,β-unsaturated/α-hetero) is 1. The van der Waals surface area contributed by atoms with Gasteiger partial charge in [0.2, 0.25) is 5.91 Å². The molecule has 1 amide bonds. The lowest BCUT2D eigenvalue weighted by molar-refractivity contribution is -0.116. The van der Waals surface area contributed by atoms with E-state index in [-0.39, 0.29) is 18.3 Å². The Morgan fingerprint density at radius 2 is 1.86 bits per heavy atom. The number of rotatable bonds is 4. The van der Waals surface area contributed by atoms with Gasteiger partial charge in [-0.25, -0.2) is 9.78 Å². The molecule has 0 spiro atoms. The SMILES string of the molecule is O=C1CCc2cc(C(=O)COC(=O)c3ccc4nc(Cl)ccc4c3)ccc2N1. The molecular formula is C21H15ClN2O4. The monoisotopic (exact) mass is 394 g/mol. The maximum atomic E-state index is 12.4. The number of amides is 1. The number of halogens is 1. The molecule has 0 bridgehead atoms. The van der Waals surface area contributed by atoms with Crippen molar-refractivity contribution < 1.29 is 19.1 Å². The van der Waals surface area contributed by atoms with Crippen LogP contribution in [0.5, 0.6) is 0 Å². The van der Waals surface area contributed by atoms with Crippen LogP contribution in [0.2, 0.25) is 5.15 Å². The van der Waals surface area contributed by atoms with Crippen LogP contribution < -0.4 is 5.32 Å². The average Bonchev–Trinajstić information content (AvgIpc) is 2.70. The summed E-state index contributed by atoms with van der Waals surface area (Å²) in [7, 11) is 0. The van der Waals surface area contributed by atoms with Crippen molar-refractivity contribution in [2.24, 2.45) is 0 Å². The van der Waals surface area contributed by atoms with Crippen molar-refractivity contribution in [2.75, 3.05) is 11.9 Å². The molecule has 0 fully saturated rings. The van der Waals surface area contributed by atoms with E-state index >= 15 is 0 Å². The first-order valence-corrected chi connectivity index (χ1v) is 9.07. The van der Waals surface area contributed by atoms with Crippen LogP contribution in [0.15, 0.2) is 48.5 Å². The lowest BCUT2D eigenvalue weighted by atomic mass is 9.99. The van der Waals surface area contributed by atoms with E-state index in [2.05, 4.69) is 10.3 Å². The maximum absolute atomic E-state index is 12.4. The molecule has 1 aliphatic heterocycles. The van der Waals surface area contributed by atoms with Crippen molar-refractivity contribution >= 4 is 45.9 Å². The second-order valence-electron chi connectivity index (χ2n) is 6.46. The van der Waals surface area contributed by atoms with Crippen molar-refractivity contribution in [3.05, 3.63) is 70.4 Å². The molecule has 140 valence electrons. The number of aromatic nitrogens is 1. The van der Waals surface area contributed by atoms with Gasteiger partial charge in [0, 0.05) is 23.1 Å². The quantitative estimate of drug-likeness (QED) is 0.413. The van der Waals surface area contributed by atoms with E-state index in [1.807, 2.05) is 0 Å². The zero-order valence-corrected chi connectivity index (χ0v) is 15.5. The molecule has 0 atom stereocenters. The third kappa shape index (κ3) is 3.73. The van der Waals surface area contributed by atoms with Crippen molar-refractivity contribution in [2.45, 2.75) is 12.8 Å². The Balaban J connectivity index is 1.44. The fraction of sp³-hybridized carbons (Fsp3) is 0.143. The molecule has 2 heterocycles. The fourth-order valence-corrected chi connectivity index (χ4v) is 3.24. The number of hydrogen-bond acceptors (Lipinski definition) is 5. The van der Waals surface area contributed by atoms with Gasteiger partial charge in [-0.3, -0.25) is 9.59 Å². The molecule has 2 aromatic carbocycles. The Kier molecular flexibility index (Phi) is 4.79. The van der Waals surface area contributed by atoms with Crippen LogP contribution in [0.1, 0.15) is 32.7 Å². The summed E-state index contributed by atoms with van der Waals surface area (Å²) < 4.78 is 5.17. The number of fused-ring (bicyclic) bond motifs is 2. The number of benzene rings is 2. The molecule has 0 saturated carbocycles. The van der Waals surface area contributed by atoms with Gasteiger partial charge in [-0.15, -0.1) is 0 Å². The lowest BCUT2D eigenvalue weighted by Crippen LogP contribution is -2.20. The van der Waals surface area contributed by atoms with Crippen LogP contribution >= 0.6 is 11.6 Å². The third-order valence-electron chi connectivity index (χ3n) is 4.55. The molecule has 6 nitrogen and oxygen atoms in total. The minimum Gasteiger partial charge on any atom is -0.454 e. The van der Waals surface area contributed by atoms with Gasteiger partial charge in [0.1, 0.15) is 5.15 Å². The third-order valence-corrected chi connectivity index (χ3v) is 4.76. The van der Waals surface area contributed by atoms with Crippen LogP contribution in [0.25, 0.3) is 10.9 Å². The molecule has 0 aliphatic carbocycles. The van der Waals surface area contributed by atoms with Gasteiger partial charge < -0.3 is 10.1 Å². The van der Waals surface area contributed by atoms with Crippen LogP contribution in [-0.2, 0) is 16.0 Å². The van der Waals surface area contributed by atoms with Gasteiger partial charge in [-0.05, 0) is 60.5 Å². The van der Waals surface area contributed by atoms with Gasteiger partial charge >= 0.3 is 5.97 Å². The zero-order valence-electron chi connectivity index (χ0n) is 14.7. The van der Waals surface area contributed by atoms with Gasteiger partial charge in [0.25, 0.3) is 0 Å². The highest BCUT2D eigenvalue weighted by molar-refractivity contribution is 6.29. The van der Waals surface area contributed by atoms with E-state index in [9.17, 15) is 14.4 Å². The van der Waals surface area contributed by atoms with Crippen LogP contribution in [-0.4, -0.2) is 29.3 Å². The molecule has 4 rings (SSSR count). The van der Waals surface area contributed by atoms with Crippen molar-refractivity contribution in [3.63, 3.8) is 0 Å². The van der Waals surface area contributed by atoms with Crippen molar-refractivity contribution in [1.82, 2.24) is 4.98 Å². The van der Waals surface area contributed by atoms with Crippen molar-refractivity contribution in [1.29, 1.82) is 0 Å². The fourth-order valence-electron chi connectivity index (χ4n) is 3.08. The first-order valence-electron chi connectivity index (χ1n) is 8.69. The van der Waals surface area contributed by atoms with Gasteiger partial charge in [0.15, 0.2) is 12.4 Å². The van der Waals surface area contributed by atoms with E-state index in [0.29, 0.717) is 34.6 Å². The molecule has 28 heavy (non-hydrogen) atoms. The van der Waals surface area contributed by atoms with Crippen LogP contribution in [0.3, 0.4) is 0 Å². The molecule has 3 aromatic rings. The average molecular weight is 395 g/mol. The maximum Gasteiger partial charge on any atom is 0.338 e. The number of nitrogens with zero attached hydrogens (tertiary/aromatic N) is 1. The van der Waals surface area contributed by atoms with Crippen LogP contribution in [0.4, 0.5) is 5.69 Å². The molecule has 0 saturated heterocycles. The second-order valence-corrected chi connectivity index (χ2v) is 6.85. The highest BCUT2D eigenvalue weighted by atomic mass is 35.5. The number of carbonyl (C=O) groups excluding carboxylic acids is 3. The number of hydrogen-bond donors (Lipinski definition) is 1. The molecule has 0 radical (unpaired) electrons. The molecule has 1 aliphatic rings. The molecule has 1 N–H and O–H groups in total. The minimum absolute atomic E-state index is 0.0339. The van der Waals surface area contributed by atoms with Gasteiger partial charge in [-0.1, -0.05) is 11.6 Å². The summed E-state index contributed by atoms with van der Waals surface area (Å²) in [5.74, 6) is -0.925. The Hall–Kier alpha value is -3.25. The Bertz CT molecular complexity index is 1130. The summed E-state index contributed by atoms with van der Waals surface area (Å²) in [5.41, 5.74) is 3.06. The predicted molar refractivity (Wildman–Crippen MR) is 105 cm³/mol. The first-order chi connectivity index (χ1) is 13.5. The number of pyridine rings is 1. The molecule has 1 aromatic heterocycles. The predicted octanol–water partition coefficient (Wildman–Crippen LogP) is 3.81. The highest BCUT2D eigenvalue weighted by Crippen LogP contribution is 2.24. The van der Waals surface area contributed by atoms with E-state index in [1.54, 1.807) is 48.5 Å². The summed E-state index contributed by atoms with van der Waals surface area (Å²) in [5, 5.41) is 3.89. The number of ether oxygens (including phenoxy) is 1. The first kappa shape index (κ1) is 18.1. The number of esters is 1. The smallest absolute Gasteiger partial charge is 0.338 e. The largest absolute Gasteiger partial charge is 0.454 e. The Morgan fingerprint density at radius 3 is 2.71 bits per heavy atom. The lowest BCUT2D eigenvalue weighted by Gasteiger charge is -2.17. The standard InChI is InChI=1S/C21H15ClN2O4/c22-19-7-3-12-10-15(2-6-16(12)23-19)21(27)28-11-18(25)14-1-5-17-13(9-14)4-8-20(26)24-17/h1-3,5-7,9-10H,4,8,11H2,(H,24,26). The van der Waals surface area contributed by atoms with E-state index in [0.717, 1.165) is 16.6 Å². The van der Waals surface area contributed by atoms with E-state index in [4.69, 9.17) is 16.3 Å². The Morgan fingerprint density at radius 1 is 1.04 bits per heavy atom. The van der Waals surface area contributed by atoms with Gasteiger partial charge in [-0.2, -0.15) is 0 Å². The van der Waals surface area contributed by atoms with Crippen LogP contribution in [0, 0.1) is 0 Å². The summed E-state index contributed by atoms with van der Waals surface area (Å²) in [6, 6.07) is 13.4. The minimum atomic E-state index is -0.588. The summed E-state index contributed by atoms with van der Waals surface area (Å²) in [4.78, 5) is 40.3. The van der Waals surface area contributed by atoms with Gasteiger partial charge in [0.05, 0.1) is 11.1 Å². The van der Waals surface area contributed by atoms with E-state index < -0.39 is 5.97 Å². The summed E-state index contributed by atoms with van der Waals surface area (Å²) in [6.45, 7) is -0.360. The molecule has 0 unspecified atom stereocenters. The number of carbonyl (C=O) groups is 3.